The Balaban J connectivity index is 1.49. The Bertz CT molecular complexity index is 947. The summed E-state index contributed by atoms with van der Waals surface area (Å²) in [7, 11) is 0. The van der Waals surface area contributed by atoms with Gasteiger partial charge in [0, 0.05) is 11.3 Å². The first kappa shape index (κ1) is 20.7. The van der Waals surface area contributed by atoms with Crippen LogP contribution in [-0.4, -0.2) is 29.1 Å². The molecular formula is C21H23N3O4S. The molecule has 2 aromatic rings. The van der Waals surface area contributed by atoms with Crippen LogP contribution in [0.3, 0.4) is 0 Å². The number of carbonyl (C=O) groups excluding carboxylic acids is 3. The first-order chi connectivity index (χ1) is 13.8. The fraction of sp³-hybridized carbons (Fsp3) is 0.286. The van der Waals surface area contributed by atoms with Crippen molar-refractivity contribution in [3.05, 3.63) is 53.6 Å². The second kappa shape index (κ2) is 9.00. The van der Waals surface area contributed by atoms with Crippen LogP contribution in [0.15, 0.2) is 47.4 Å². The van der Waals surface area contributed by atoms with Crippen molar-refractivity contribution in [2.45, 2.75) is 43.4 Å². The monoisotopic (exact) mass is 413 g/mol. The third kappa shape index (κ3) is 5.08. The van der Waals surface area contributed by atoms with Gasteiger partial charge in [0.25, 0.3) is 5.91 Å². The van der Waals surface area contributed by atoms with Gasteiger partial charge in [-0.15, -0.1) is 11.8 Å². The zero-order valence-corrected chi connectivity index (χ0v) is 17.3. The number of carbonyl (C=O) groups is 3. The third-order valence-electron chi connectivity index (χ3n) is 4.63. The summed E-state index contributed by atoms with van der Waals surface area (Å²) in [5, 5.41) is 2.22. The molecule has 0 unspecified atom stereocenters. The Morgan fingerprint density at radius 1 is 1.14 bits per heavy atom. The highest BCUT2D eigenvalue weighted by molar-refractivity contribution is 8.01. The molecule has 0 saturated carbocycles. The normalized spacial score (nSPS) is 16.2. The van der Waals surface area contributed by atoms with E-state index in [4.69, 9.17) is 4.74 Å². The van der Waals surface area contributed by atoms with Crippen molar-refractivity contribution in [3.8, 4) is 5.75 Å². The molecule has 0 fully saturated rings. The van der Waals surface area contributed by atoms with Crippen LogP contribution in [0.1, 0.15) is 24.5 Å². The van der Waals surface area contributed by atoms with E-state index in [1.165, 1.54) is 11.8 Å². The second-order valence-electron chi connectivity index (χ2n) is 6.79. The van der Waals surface area contributed by atoms with Crippen molar-refractivity contribution in [2.75, 3.05) is 5.32 Å². The molecule has 2 atom stereocenters. The lowest BCUT2D eigenvalue weighted by molar-refractivity contribution is -0.133. The first-order valence-corrected chi connectivity index (χ1v) is 10.1. The Kier molecular flexibility index (Phi) is 6.43. The summed E-state index contributed by atoms with van der Waals surface area (Å²) in [5.74, 6) is -0.551. The number of aryl methyl sites for hydroxylation is 1. The maximum atomic E-state index is 12.2. The van der Waals surface area contributed by atoms with Crippen LogP contribution in [0.25, 0.3) is 0 Å². The summed E-state index contributed by atoms with van der Waals surface area (Å²) < 4.78 is 5.69. The fourth-order valence-electron chi connectivity index (χ4n) is 2.78. The first-order valence-electron chi connectivity index (χ1n) is 9.23. The van der Waals surface area contributed by atoms with Gasteiger partial charge in [0.05, 0.1) is 10.9 Å². The van der Waals surface area contributed by atoms with Gasteiger partial charge in [-0.2, -0.15) is 0 Å². The van der Waals surface area contributed by atoms with Crippen LogP contribution in [0.2, 0.25) is 0 Å². The molecule has 8 heteroatoms. The maximum absolute atomic E-state index is 12.2. The molecule has 3 amide bonds. The number of para-hydroxylation sites is 1. The number of ether oxygens (including phenoxy) is 1. The number of thioether (sulfide) groups is 1. The predicted molar refractivity (Wildman–Crippen MR) is 112 cm³/mol. The van der Waals surface area contributed by atoms with Crippen molar-refractivity contribution in [1.29, 1.82) is 0 Å². The number of rotatable bonds is 5. The lowest BCUT2D eigenvalue weighted by atomic mass is 10.1. The molecule has 1 aliphatic rings. The van der Waals surface area contributed by atoms with Gasteiger partial charge in [-0.25, -0.2) is 0 Å². The van der Waals surface area contributed by atoms with Crippen molar-refractivity contribution >= 4 is 35.2 Å². The van der Waals surface area contributed by atoms with Crippen molar-refractivity contribution in [2.24, 2.45) is 0 Å². The van der Waals surface area contributed by atoms with Crippen LogP contribution in [0.5, 0.6) is 5.75 Å². The van der Waals surface area contributed by atoms with Gasteiger partial charge in [0.2, 0.25) is 11.8 Å². The van der Waals surface area contributed by atoms with Gasteiger partial charge in [-0.05, 0) is 50.1 Å². The summed E-state index contributed by atoms with van der Waals surface area (Å²) in [6, 6.07) is 13.0. The van der Waals surface area contributed by atoms with E-state index in [0.29, 0.717) is 5.75 Å². The Morgan fingerprint density at radius 3 is 2.69 bits per heavy atom. The lowest BCUT2D eigenvalue weighted by Gasteiger charge is -2.23. The van der Waals surface area contributed by atoms with Gasteiger partial charge < -0.3 is 10.1 Å². The van der Waals surface area contributed by atoms with Gasteiger partial charge in [-0.3, -0.25) is 25.2 Å². The largest absolute Gasteiger partial charge is 0.481 e. The number of anilines is 1. The van der Waals surface area contributed by atoms with Crippen LogP contribution < -0.4 is 20.9 Å². The quantitative estimate of drug-likeness (QED) is 0.655. The molecule has 0 bridgehead atoms. The van der Waals surface area contributed by atoms with E-state index < -0.39 is 23.2 Å². The van der Waals surface area contributed by atoms with Gasteiger partial charge in [0.1, 0.15) is 5.75 Å². The summed E-state index contributed by atoms with van der Waals surface area (Å²) in [6.45, 7) is 5.48. The molecule has 1 heterocycles. The Labute approximate surface area is 173 Å². The maximum Gasteiger partial charge on any atom is 0.279 e. The van der Waals surface area contributed by atoms with E-state index in [9.17, 15) is 14.4 Å². The highest BCUT2D eigenvalue weighted by atomic mass is 32.2. The average molecular weight is 413 g/mol. The zero-order valence-electron chi connectivity index (χ0n) is 16.4. The highest BCUT2D eigenvalue weighted by Crippen LogP contribution is 2.36. The molecule has 29 heavy (non-hydrogen) atoms. The van der Waals surface area contributed by atoms with Crippen LogP contribution >= 0.6 is 11.8 Å². The minimum absolute atomic E-state index is 0.0582. The lowest BCUT2D eigenvalue weighted by Crippen LogP contribution is -2.48. The summed E-state index contributed by atoms with van der Waals surface area (Å²) in [6.07, 6.45) is -0.854. The van der Waals surface area contributed by atoms with E-state index in [-0.39, 0.29) is 12.3 Å². The zero-order chi connectivity index (χ0) is 21.0. The van der Waals surface area contributed by atoms with Crippen molar-refractivity contribution in [3.63, 3.8) is 0 Å². The van der Waals surface area contributed by atoms with E-state index >= 15 is 0 Å². The number of nitrogens with one attached hydrogen (secondary N) is 3. The molecule has 0 spiro atoms. The third-order valence-corrected chi connectivity index (χ3v) is 5.91. The topological polar surface area (TPSA) is 96.5 Å². The molecule has 152 valence electrons. The number of hydrogen-bond acceptors (Lipinski definition) is 5. The number of hydrazine groups is 1. The smallest absolute Gasteiger partial charge is 0.279 e. The van der Waals surface area contributed by atoms with E-state index in [1.54, 1.807) is 13.0 Å². The van der Waals surface area contributed by atoms with Crippen LogP contribution in [0.4, 0.5) is 5.69 Å². The van der Waals surface area contributed by atoms with E-state index in [2.05, 4.69) is 16.2 Å². The standard InChI is InChI=1S/C21H23N3O4S/c1-12-7-6-9-16(13(12)2)28-14(3)20(26)24-23-19(25)11-18-21(27)22-15-8-4-5-10-17(15)29-18/h4-10,14,18H,11H2,1-3H3,(H,22,27)(H,23,25)(H,24,26)/t14-,18-/m0/s1. The molecular weight excluding hydrogens is 390 g/mol. The number of hydrogen-bond donors (Lipinski definition) is 3. The van der Waals surface area contributed by atoms with Crippen molar-refractivity contribution < 1.29 is 19.1 Å². The fourth-order valence-corrected chi connectivity index (χ4v) is 3.89. The minimum atomic E-state index is -0.796. The van der Waals surface area contributed by atoms with Crippen LogP contribution in [-0.2, 0) is 14.4 Å². The number of benzene rings is 2. The highest BCUT2D eigenvalue weighted by Gasteiger charge is 2.29. The molecule has 3 rings (SSSR count). The van der Waals surface area contributed by atoms with Gasteiger partial charge >= 0.3 is 0 Å². The van der Waals surface area contributed by atoms with Gasteiger partial charge in [0.15, 0.2) is 6.10 Å². The summed E-state index contributed by atoms with van der Waals surface area (Å²) in [4.78, 5) is 37.5. The average Bonchev–Trinajstić information content (AvgIpc) is 2.70. The summed E-state index contributed by atoms with van der Waals surface area (Å²) >= 11 is 1.33. The molecule has 2 aromatic carbocycles. The van der Waals surface area contributed by atoms with Crippen molar-refractivity contribution in [1.82, 2.24) is 10.9 Å². The molecule has 1 aliphatic heterocycles. The second-order valence-corrected chi connectivity index (χ2v) is 8.04. The minimum Gasteiger partial charge on any atom is -0.481 e. The van der Waals surface area contributed by atoms with E-state index in [0.717, 1.165) is 21.7 Å². The summed E-state index contributed by atoms with van der Waals surface area (Å²) in [5.41, 5.74) is 7.47. The van der Waals surface area contributed by atoms with Crippen LogP contribution in [0, 0.1) is 13.8 Å². The molecule has 0 aliphatic carbocycles. The molecule has 3 N–H and O–H groups in total. The SMILES string of the molecule is Cc1cccc(O[C@@H](C)C(=O)NNC(=O)C[C@@H]2Sc3ccccc3NC2=O)c1C. The number of amides is 3. The number of fused-ring (bicyclic) bond motifs is 1. The molecule has 0 aromatic heterocycles. The van der Waals surface area contributed by atoms with E-state index in [1.807, 2.05) is 50.2 Å². The molecule has 0 saturated heterocycles. The Hall–Kier alpha value is -3.00. The van der Waals surface area contributed by atoms with Gasteiger partial charge in [-0.1, -0.05) is 24.3 Å². The molecule has 0 radical (unpaired) electrons. The molecule has 7 nitrogen and oxygen atoms in total. The predicted octanol–water partition coefficient (Wildman–Crippen LogP) is 2.72. The Morgan fingerprint density at radius 2 is 1.90 bits per heavy atom.